The average Bonchev–Trinajstić information content (AvgIpc) is 3.38. The van der Waals surface area contributed by atoms with E-state index in [2.05, 4.69) is 10.1 Å². The van der Waals surface area contributed by atoms with E-state index in [9.17, 15) is 9.90 Å². The Morgan fingerprint density at radius 2 is 1.74 bits per heavy atom. The Balaban J connectivity index is 1.39. The highest BCUT2D eigenvalue weighted by molar-refractivity contribution is 7.13. The van der Waals surface area contributed by atoms with Crippen molar-refractivity contribution >= 4 is 17.3 Å². The van der Waals surface area contributed by atoms with E-state index in [0.29, 0.717) is 11.4 Å². The Morgan fingerprint density at radius 1 is 1.04 bits per heavy atom. The number of esters is 1. The lowest BCUT2D eigenvalue weighted by molar-refractivity contribution is 0.0430. The van der Waals surface area contributed by atoms with Crippen molar-refractivity contribution in [2.45, 2.75) is 6.61 Å². The molecule has 4 aromatic rings. The van der Waals surface area contributed by atoms with Crippen LogP contribution in [0.25, 0.3) is 21.8 Å². The molecule has 7 heteroatoms. The number of aromatic nitrogens is 2. The highest BCUT2D eigenvalue weighted by Crippen LogP contribution is 2.23. The molecule has 0 aliphatic rings. The molecule has 0 fully saturated rings. The van der Waals surface area contributed by atoms with Gasteiger partial charge in [0.05, 0.1) is 10.4 Å². The number of ether oxygens (including phenoxy) is 1. The predicted molar refractivity (Wildman–Crippen MR) is 100 cm³/mol. The Hall–Kier alpha value is -3.45. The number of benzene rings is 2. The summed E-state index contributed by atoms with van der Waals surface area (Å²) in [5.74, 6) is 0.465. The van der Waals surface area contributed by atoms with E-state index in [1.54, 1.807) is 24.3 Å². The Morgan fingerprint density at radius 3 is 2.41 bits per heavy atom. The minimum absolute atomic E-state index is 0.0864. The normalized spacial score (nSPS) is 10.7. The lowest BCUT2D eigenvalue weighted by atomic mass is 10.0. The molecule has 2 aromatic carbocycles. The third-order valence-electron chi connectivity index (χ3n) is 3.86. The summed E-state index contributed by atoms with van der Waals surface area (Å²) in [6.45, 7) is -0.0864. The van der Waals surface area contributed by atoms with E-state index in [1.165, 1.54) is 11.3 Å². The molecule has 27 heavy (non-hydrogen) atoms. The summed E-state index contributed by atoms with van der Waals surface area (Å²) in [4.78, 5) is 17.3. The molecule has 2 aromatic heterocycles. The zero-order valence-corrected chi connectivity index (χ0v) is 14.8. The fourth-order valence-electron chi connectivity index (χ4n) is 2.48. The fourth-order valence-corrected chi connectivity index (χ4v) is 3.13. The number of thiophene rings is 1. The molecule has 0 saturated carbocycles. The highest BCUT2D eigenvalue weighted by atomic mass is 32.1. The van der Waals surface area contributed by atoms with Crippen LogP contribution in [0, 0.1) is 0 Å². The van der Waals surface area contributed by atoms with Crippen molar-refractivity contribution in [1.82, 2.24) is 10.1 Å². The fraction of sp³-hybridized carbons (Fsp3) is 0.0500. The largest absolute Gasteiger partial charge is 0.508 e. The molecule has 0 amide bonds. The first-order chi connectivity index (χ1) is 13.2. The van der Waals surface area contributed by atoms with Crippen LogP contribution >= 0.6 is 11.3 Å². The van der Waals surface area contributed by atoms with Gasteiger partial charge >= 0.3 is 5.97 Å². The number of rotatable bonds is 5. The van der Waals surface area contributed by atoms with Crippen molar-refractivity contribution in [1.29, 1.82) is 0 Å². The van der Waals surface area contributed by atoms with Gasteiger partial charge in [0.2, 0.25) is 5.82 Å². The minimum atomic E-state index is -0.469. The topological polar surface area (TPSA) is 85.5 Å². The number of phenols is 1. The second-order valence-corrected chi connectivity index (χ2v) is 6.64. The summed E-state index contributed by atoms with van der Waals surface area (Å²) in [5.41, 5.74) is 2.30. The van der Waals surface area contributed by atoms with E-state index in [-0.39, 0.29) is 18.2 Å². The van der Waals surface area contributed by atoms with Gasteiger partial charge < -0.3 is 14.4 Å². The molecular weight excluding hydrogens is 364 g/mol. The molecule has 0 spiro atoms. The minimum Gasteiger partial charge on any atom is -0.508 e. The van der Waals surface area contributed by atoms with Crippen LogP contribution in [0.5, 0.6) is 5.75 Å². The van der Waals surface area contributed by atoms with Crippen molar-refractivity contribution in [3.8, 4) is 27.6 Å². The molecule has 0 radical (unpaired) electrons. The lowest BCUT2D eigenvalue weighted by Crippen LogP contribution is -2.05. The number of carbonyl (C=O) groups excluding carboxylic acids is 1. The van der Waals surface area contributed by atoms with Crippen molar-refractivity contribution in [3.63, 3.8) is 0 Å². The molecule has 6 nitrogen and oxygen atoms in total. The zero-order chi connectivity index (χ0) is 18.6. The van der Waals surface area contributed by atoms with Crippen LogP contribution in [0.4, 0.5) is 0 Å². The van der Waals surface area contributed by atoms with Crippen LogP contribution in [-0.4, -0.2) is 21.2 Å². The van der Waals surface area contributed by atoms with Gasteiger partial charge in [0.25, 0.3) is 5.89 Å². The molecule has 1 N–H and O–H groups in total. The van der Waals surface area contributed by atoms with Gasteiger partial charge in [0.15, 0.2) is 6.61 Å². The summed E-state index contributed by atoms with van der Waals surface area (Å²) in [5, 5.41) is 15.2. The summed E-state index contributed by atoms with van der Waals surface area (Å²) in [6.07, 6.45) is 0. The zero-order valence-electron chi connectivity index (χ0n) is 14.0. The van der Waals surface area contributed by atoms with E-state index in [0.717, 1.165) is 16.0 Å². The van der Waals surface area contributed by atoms with Crippen LogP contribution < -0.4 is 0 Å². The maximum atomic E-state index is 12.2. The molecule has 0 aliphatic heterocycles. The average molecular weight is 378 g/mol. The van der Waals surface area contributed by atoms with E-state index in [4.69, 9.17) is 9.26 Å². The van der Waals surface area contributed by atoms with E-state index in [1.807, 2.05) is 41.8 Å². The quantitative estimate of drug-likeness (QED) is 0.514. The van der Waals surface area contributed by atoms with Crippen molar-refractivity contribution < 1.29 is 19.2 Å². The van der Waals surface area contributed by atoms with Gasteiger partial charge in [-0.2, -0.15) is 4.98 Å². The molecule has 2 heterocycles. The molecular formula is C20H14N2O4S. The Labute approximate surface area is 158 Å². The van der Waals surface area contributed by atoms with E-state index >= 15 is 0 Å². The maximum Gasteiger partial charge on any atom is 0.338 e. The molecule has 0 bridgehead atoms. The van der Waals surface area contributed by atoms with Crippen LogP contribution in [0.1, 0.15) is 16.2 Å². The van der Waals surface area contributed by atoms with Gasteiger partial charge in [-0.1, -0.05) is 35.5 Å². The molecule has 0 aliphatic carbocycles. The summed E-state index contributed by atoms with van der Waals surface area (Å²) in [7, 11) is 0. The standard InChI is InChI=1S/C20H14N2O4S/c23-16-9-7-14(8-10-16)13-3-5-15(6-4-13)20(24)25-12-18-21-19(22-26-18)17-2-1-11-27-17/h1-11,23H,12H2. The summed E-state index contributed by atoms with van der Waals surface area (Å²) in [6, 6.07) is 17.7. The van der Waals surface area contributed by atoms with Gasteiger partial charge in [0.1, 0.15) is 5.75 Å². The number of phenolic OH excluding ortho intramolecular Hbond substituents is 1. The smallest absolute Gasteiger partial charge is 0.338 e. The van der Waals surface area contributed by atoms with Gasteiger partial charge in [0, 0.05) is 0 Å². The van der Waals surface area contributed by atoms with Crippen LogP contribution in [0.15, 0.2) is 70.6 Å². The Bertz CT molecular complexity index is 1040. The summed E-state index contributed by atoms with van der Waals surface area (Å²) >= 11 is 1.50. The van der Waals surface area contributed by atoms with Gasteiger partial charge in [-0.15, -0.1) is 11.3 Å². The highest BCUT2D eigenvalue weighted by Gasteiger charge is 2.13. The number of hydrogen-bond acceptors (Lipinski definition) is 7. The maximum absolute atomic E-state index is 12.2. The Kier molecular flexibility index (Phi) is 4.67. The van der Waals surface area contributed by atoms with Gasteiger partial charge in [-0.05, 0) is 46.8 Å². The van der Waals surface area contributed by atoms with Gasteiger partial charge in [-0.25, -0.2) is 4.79 Å². The van der Waals surface area contributed by atoms with Crippen LogP contribution in [-0.2, 0) is 11.3 Å². The third-order valence-corrected chi connectivity index (χ3v) is 4.72. The SMILES string of the molecule is O=C(OCc1nc(-c2cccs2)no1)c1ccc(-c2ccc(O)cc2)cc1. The first kappa shape index (κ1) is 17.0. The van der Waals surface area contributed by atoms with Crippen molar-refractivity contribution in [2.75, 3.05) is 0 Å². The first-order valence-electron chi connectivity index (χ1n) is 8.12. The molecule has 0 atom stereocenters. The van der Waals surface area contributed by atoms with Gasteiger partial charge in [-0.3, -0.25) is 0 Å². The lowest BCUT2D eigenvalue weighted by Gasteiger charge is -2.05. The molecule has 0 unspecified atom stereocenters. The monoisotopic (exact) mass is 378 g/mol. The van der Waals surface area contributed by atoms with Crippen molar-refractivity contribution in [2.24, 2.45) is 0 Å². The number of aromatic hydroxyl groups is 1. The second kappa shape index (κ2) is 7.43. The van der Waals surface area contributed by atoms with E-state index < -0.39 is 5.97 Å². The second-order valence-electron chi connectivity index (χ2n) is 5.69. The summed E-state index contributed by atoms with van der Waals surface area (Å²) < 4.78 is 10.4. The predicted octanol–water partition coefficient (Wildman–Crippen LogP) is 4.53. The van der Waals surface area contributed by atoms with Crippen molar-refractivity contribution in [3.05, 3.63) is 77.5 Å². The molecule has 134 valence electrons. The number of hydrogen-bond donors (Lipinski definition) is 1. The molecule has 4 rings (SSSR count). The number of nitrogens with zero attached hydrogens (tertiary/aromatic N) is 2. The van der Waals surface area contributed by atoms with Crippen LogP contribution in [0.3, 0.4) is 0 Å². The molecule has 0 saturated heterocycles. The van der Waals surface area contributed by atoms with Crippen LogP contribution in [0.2, 0.25) is 0 Å². The number of carbonyl (C=O) groups is 1. The third kappa shape index (κ3) is 3.88. The first-order valence-corrected chi connectivity index (χ1v) is 9.00.